The molecule has 0 aromatic rings. The highest BCUT2D eigenvalue weighted by molar-refractivity contribution is 5.20. The molecule has 0 spiro atoms. The summed E-state index contributed by atoms with van der Waals surface area (Å²) in [6, 6.07) is 0. The van der Waals surface area contributed by atoms with E-state index < -0.39 is 17.8 Å². The molecule has 0 aromatic carbocycles. The van der Waals surface area contributed by atoms with E-state index >= 15 is 0 Å². The van der Waals surface area contributed by atoms with E-state index in [0.29, 0.717) is 24.7 Å². The van der Waals surface area contributed by atoms with Gasteiger partial charge in [0.1, 0.15) is 0 Å². The quantitative estimate of drug-likeness (QED) is 0.397. The Hall–Kier alpha value is -0.420. The molecule has 0 saturated heterocycles. The highest BCUT2D eigenvalue weighted by atomic mass is 16.3. The lowest BCUT2D eigenvalue weighted by atomic mass is 9.35. The zero-order chi connectivity index (χ0) is 25.5. The molecule has 0 aromatic heterocycles. The first-order valence-corrected chi connectivity index (χ1v) is 13.9. The smallest absolute Gasteiger partial charge is 0.0745 e. The fourth-order valence-electron chi connectivity index (χ4n) is 10.3. The van der Waals surface area contributed by atoms with Gasteiger partial charge in [0.15, 0.2) is 0 Å². The van der Waals surface area contributed by atoms with Crippen LogP contribution in [0, 0.1) is 45.3 Å². The number of aliphatic hydroxyl groups is 4. The molecule has 4 nitrogen and oxygen atoms in total. The number of hydrogen-bond acceptors (Lipinski definition) is 4. The van der Waals surface area contributed by atoms with Gasteiger partial charge in [-0.05, 0) is 117 Å². The normalized spacial score (nSPS) is 50.4. The highest BCUT2D eigenvalue weighted by Gasteiger charge is 2.71. The summed E-state index contributed by atoms with van der Waals surface area (Å²) in [6.45, 7) is 19.5. The van der Waals surface area contributed by atoms with Crippen molar-refractivity contribution in [2.45, 2.75) is 130 Å². The summed E-state index contributed by atoms with van der Waals surface area (Å²) in [5, 5.41) is 44.5. The average molecular weight is 477 g/mol. The van der Waals surface area contributed by atoms with E-state index in [1.54, 1.807) is 0 Å². The average Bonchev–Trinajstić information content (AvgIpc) is 3.12. The van der Waals surface area contributed by atoms with Crippen molar-refractivity contribution in [2.75, 3.05) is 0 Å². The molecule has 4 N–H and O–H groups in total. The minimum absolute atomic E-state index is 0.0227. The number of rotatable bonds is 5. The van der Waals surface area contributed by atoms with Crippen molar-refractivity contribution < 1.29 is 20.4 Å². The fourth-order valence-corrected chi connectivity index (χ4v) is 10.3. The molecular formula is C30H52O4. The van der Waals surface area contributed by atoms with Gasteiger partial charge >= 0.3 is 0 Å². The largest absolute Gasteiger partial charge is 0.393 e. The van der Waals surface area contributed by atoms with Crippen LogP contribution >= 0.6 is 0 Å². The number of hydrogen-bond donors (Lipinski definition) is 4. The van der Waals surface area contributed by atoms with Crippen LogP contribution in [0.3, 0.4) is 0 Å². The lowest BCUT2D eigenvalue weighted by molar-refractivity contribution is -0.246. The highest BCUT2D eigenvalue weighted by Crippen LogP contribution is 2.75. The molecule has 0 amide bonds. The molecular weight excluding hydrogens is 424 g/mol. The Morgan fingerprint density at radius 2 is 1.59 bits per heavy atom. The zero-order valence-corrected chi connectivity index (χ0v) is 22.9. The van der Waals surface area contributed by atoms with Crippen LogP contribution in [0.2, 0.25) is 0 Å². The van der Waals surface area contributed by atoms with Crippen molar-refractivity contribution in [3.05, 3.63) is 12.2 Å². The van der Waals surface area contributed by atoms with Gasteiger partial charge in [0, 0.05) is 0 Å². The maximum Gasteiger partial charge on any atom is 0.0745 e. The lowest BCUT2D eigenvalue weighted by Gasteiger charge is -2.70. The second-order valence-corrected chi connectivity index (χ2v) is 14.6. The number of aliphatic hydroxyl groups excluding tert-OH is 3. The third-order valence-corrected chi connectivity index (χ3v) is 12.7. The summed E-state index contributed by atoms with van der Waals surface area (Å²) < 4.78 is 0. The first-order chi connectivity index (χ1) is 15.5. The van der Waals surface area contributed by atoms with Crippen molar-refractivity contribution >= 4 is 0 Å². The second-order valence-electron chi connectivity index (χ2n) is 14.6. The molecule has 4 heteroatoms. The van der Waals surface area contributed by atoms with Crippen molar-refractivity contribution in [1.82, 2.24) is 0 Å². The van der Waals surface area contributed by atoms with E-state index in [1.165, 1.54) is 0 Å². The monoisotopic (exact) mass is 476 g/mol. The maximum atomic E-state index is 11.8. The second kappa shape index (κ2) is 8.30. The molecule has 4 rings (SSSR count). The maximum absolute atomic E-state index is 11.8. The van der Waals surface area contributed by atoms with Crippen LogP contribution in [0.25, 0.3) is 0 Å². The SMILES string of the molecule is C=C(C)[C@@H](O)CC[C@](C)(O)[C@H]1CC[C@]2(C)[C@@H]1[C@H](O)C[C@@H]1[C@@]3(C)CC[C@@H](O)C(C)(C)[C@H]3CC[C@]12C. The van der Waals surface area contributed by atoms with Crippen LogP contribution in [0.5, 0.6) is 0 Å². The summed E-state index contributed by atoms with van der Waals surface area (Å²) in [5.41, 5.74) is -0.0556. The number of fused-ring (bicyclic) bond motifs is 5. The topological polar surface area (TPSA) is 80.9 Å². The first kappa shape index (κ1) is 26.6. The van der Waals surface area contributed by atoms with Crippen LogP contribution in [-0.2, 0) is 0 Å². The molecule has 0 bridgehead atoms. The molecule has 0 unspecified atom stereocenters. The van der Waals surface area contributed by atoms with Gasteiger partial charge in [-0.1, -0.05) is 46.8 Å². The van der Waals surface area contributed by atoms with E-state index in [0.717, 1.165) is 50.5 Å². The van der Waals surface area contributed by atoms with Gasteiger partial charge in [-0.3, -0.25) is 0 Å². The van der Waals surface area contributed by atoms with Crippen LogP contribution < -0.4 is 0 Å². The Labute approximate surface area is 208 Å². The summed E-state index contributed by atoms with van der Waals surface area (Å²) in [4.78, 5) is 0. The third-order valence-electron chi connectivity index (χ3n) is 12.7. The van der Waals surface area contributed by atoms with Crippen LogP contribution in [0.4, 0.5) is 0 Å². The first-order valence-electron chi connectivity index (χ1n) is 13.9. The van der Waals surface area contributed by atoms with Gasteiger partial charge in [-0.15, -0.1) is 0 Å². The van der Waals surface area contributed by atoms with Crippen LogP contribution in [-0.4, -0.2) is 44.3 Å². The standard InChI is InChI=1S/C30H52O4/c1-18(2)20(31)10-16-30(8,34)19-9-14-29(7)25(19)21(32)17-23-27(5)13-12-24(33)26(3,4)22(27)11-15-28(23,29)6/h19-25,31-34H,1,9-17H2,2-8H3/t19-,20-,21+,22+,23+,24+,25-,27-,28+,29+,30-/m0/s1. The molecule has 4 fully saturated rings. The third kappa shape index (κ3) is 3.60. The van der Waals surface area contributed by atoms with Gasteiger partial charge in [-0.2, -0.15) is 0 Å². The Morgan fingerprint density at radius 3 is 2.21 bits per heavy atom. The van der Waals surface area contributed by atoms with Crippen molar-refractivity contribution in [1.29, 1.82) is 0 Å². The Bertz CT molecular complexity index is 804. The van der Waals surface area contributed by atoms with E-state index in [2.05, 4.69) is 41.2 Å². The van der Waals surface area contributed by atoms with Gasteiger partial charge in [0.05, 0.1) is 23.9 Å². The van der Waals surface area contributed by atoms with Crippen molar-refractivity contribution in [3.63, 3.8) is 0 Å². The molecule has 4 saturated carbocycles. The van der Waals surface area contributed by atoms with Crippen LogP contribution in [0.1, 0.15) is 106 Å². The van der Waals surface area contributed by atoms with Gasteiger partial charge in [0.2, 0.25) is 0 Å². The van der Waals surface area contributed by atoms with E-state index in [4.69, 9.17) is 0 Å². The molecule has 0 aliphatic heterocycles. The minimum atomic E-state index is -0.916. The molecule has 0 radical (unpaired) electrons. The minimum Gasteiger partial charge on any atom is -0.393 e. The molecule has 4 aliphatic carbocycles. The summed E-state index contributed by atoms with van der Waals surface area (Å²) in [7, 11) is 0. The molecule has 4 aliphatic rings. The Balaban J connectivity index is 1.64. The van der Waals surface area contributed by atoms with Gasteiger partial charge < -0.3 is 20.4 Å². The predicted octanol–water partition coefficient (Wildman–Crippen LogP) is 5.47. The van der Waals surface area contributed by atoms with Gasteiger partial charge in [-0.25, -0.2) is 0 Å². The Morgan fingerprint density at radius 1 is 0.971 bits per heavy atom. The van der Waals surface area contributed by atoms with E-state index in [1.807, 2.05) is 13.8 Å². The molecule has 11 atom stereocenters. The summed E-state index contributed by atoms with van der Waals surface area (Å²) in [6.07, 6.45) is 6.72. The van der Waals surface area contributed by atoms with Crippen LogP contribution in [0.15, 0.2) is 12.2 Å². The lowest BCUT2D eigenvalue weighted by Crippen LogP contribution is -2.66. The fraction of sp³-hybridized carbons (Fsp3) is 0.933. The van der Waals surface area contributed by atoms with Crippen molar-refractivity contribution in [2.24, 2.45) is 45.3 Å². The molecule has 196 valence electrons. The predicted molar refractivity (Wildman–Crippen MR) is 137 cm³/mol. The summed E-state index contributed by atoms with van der Waals surface area (Å²) >= 11 is 0. The van der Waals surface area contributed by atoms with E-state index in [9.17, 15) is 20.4 Å². The van der Waals surface area contributed by atoms with Gasteiger partial charge in [0.25, 0.3) is 0 Å². The molecule has 34 heavy (non-hydrogen) atoms. The van der Waals surface area contributed by atoms with E-state index in [-0.39, 0.29) is 39.6 Å². The molecule has 0 heterocycles. The van der Waals surface area contributed by atoms with Crippen molar-refractivity contribution in [3.8, 4) is 0 Å². The summed E-state index contributed by atoms with van der Waals surface area (Å²) in [5.74, 6) is 1.01. The zero-order valence-electron chi connectivity index (χ0n) is 22.9. The Kier molecular flexibility index (Phi) is 6.50.